The van der Waals surface area contributed by atoms with E-state index in [-0.39, 0.29) is 73.6 Å². The van der Waals surface area contributed by atoms with Gasteiger partial charge in [-0.1, -0.05) is 30.3 Å². The number of ether oxygens (including phenoxy) is 1. The van der Waals surface area contributed by atoms with Crippen molar-refractivity contribution in [2.24, 2.45) is 5.73 Å². The van der Waals surface area contributed by atoms with Crippen LogP contribution in [0.25, 0.3) is 10.9 Å². The maximum Gasteiger partial charge on any atom is 1.00 e. The van der Waals surface area contributed by atoms with Gasteiger partial charge in [0.1, 0.15) is 12.4 Å². The van der Waals surface area contributed by atoms with Crippen LogP contribution in [0.3, 0.4) is 0 Å². The van der Waals surface area contributed by atoms with E-state index in [4.69, 9.17) is 10.5 Å². The Hall–Kier alpha value is -2.30. The van der Waals surface area contributed by atoms with Gasteiger partial charge in [0.15, 0.2) is 6.29 Å². The Bertz CT molecular complexity index is 1140. The summed E-state index contributed by atoms with van der Waals surface area (Å²) in [7, 11) is 0. The molecule has 0 bridgehead atoms. The number of carbonyl (C=O) groups excluding carboxylic acids is 4. The number of aromatic nitrogens is 1. The van der Waals surface area contributed by atoms with Crippen molar-refractivity contribution in [3.8, 4) is 5.75 Å². The fourth-order valence-corrected chi connectivity index (χ4v) is 3.30. The Morgan fingerprint density at radius 3 is 2.37 bits per heavy atom. The van der Waals surface area contributed by atoms with Crippen molar-refractivity contribution in [3.05, 3.63) is 64.8 Å². The molecule has 2 aromatic carbocycles. The van der Waals surface area contributed by atoms with E-state index in [1.54, 1.807) is 17.6 Å². The van der Waals surface area contributed by atoms with Crippen molar-refractivity contribution in [1.29, 1.82) is 0 Å². The van der Waals surface area contributed by atoms with E-state index in [0.29, 0.717) is 24.0 Å². The molecule has 0 aliphatic carbocycles. The van der Waals surface area contributed by atoms with Gasteiger partial charge in [0.2, 0.25) is 0 Å². The number of primary amides is 1. The third kappa shape index (κ3) is 4.71. The summed E-state index contributed by atoms with van der Waals surface area (Å²) in [5.41, 5.74) is 7.10. The number of rotatable bonds is 8. The first-order valence-electron chi connectivity index (χ1n) is 8.66. The molecule has 0 aliphatic heterocycles. The van der Waals surface area contributed by atoms with Crippen LogP contribution >= 0.6 is 0 Å². The average molecular weight is 432 g/mol. The zero-order valence-corrected chi connectivity index (χ0v) is 19.6. The Morgan fingerprint density at radius 2 is 1.80 bits per heavy atom. The molecule has 2 N–H and O–H groups in total. The summed E-state index contributed by atoms with van der Waals surface area (Å²) in [4.78, 5) is 46.6. The van der Waals surface area contributed by atoms with E-state index in [1.165, 1.54) is 6.07 Å². The number of carboxylic acids is 1. The smallest absolute Gasteiger partial charge is 0.546 e. The number of ketones is 1. The number of carboxylic acid groups (broad SMARTS) is 1. The molecule has 9 heteroatoms. The summed E-state index contributed by atoms with van der Waals surface area (Å²) in [6.45, 7) is 1.19. The van der Waals surface area contributed by atoms with Gasteiger partial charge in [-0.05, 0) is 24.6 Å². The molecular formula is C21H17KN2O6. The Labute approximate surface area is 214 Å². The molecule has 3 aromatic rings. The molecule has 0 spiro atoms. The third-order valence-corrected chi connectivity index (χ3v) is 4.57. The van der Waals surface area contributed by atoms with Gasteiger partial charge in [-0.15, -0.1) is 0 Å². The topological polar surface area (TPSA) is 132 Å². The number of aliphatic carboxylic acids is 1. The van der Waals surface area contributed by atoms with E-state index >= 15 is 0 Å². The zero-order chi connectivity index (χ0) is 21.1. The summed E-state index contributed by atoms with van der Waals surface area (Å²) in [5.74, 6) is -3.74. The Morgan fingerprint density at radius 1 is 1.13 bits per heavy atom. The number of benzene rings is 2. The first kappa shape index (κ1) is 24.0. The van der Waals surface area contributed by atoms with Crippen LogP contribution in [0.5, 0.6) is 5.75 Å². The number of Topliss-reactive ketones (excluding diaryl/α,β-unsaturated/α-hetero) is 1. The van der Waals surface area contributed by atoms with Gasteiger partial charge < -0.3 is 24.9 Å². The molecule has 0 saturated heterocycles. The van der Waals surface area contributed by atoms with Crippen LogP contribution in [0.15, 0.2) is 42.5 Å². The average Bonchev–Trinajstić information content (AvgIpc) is 2.97. The van der Waals surface area contributed by atoms with Crippen molar-refractivity contribution < 1.29 is 80.4 Å². The normalized spacial score (nSPS) is 10.3. The molecule has 3 rings (SSSR count). The summed E-state index contributed by atoms with van der Waals surface area (Å²) < 4.78 is 7.06. The number of nitrogens with zero attached hydrogens (tertiary/aromatic N) is 1. The van der Waals surface area contributed by atoms with E-state index in [2.05, 4.69) is 0 Å². The van der Waals surface area contributed by atoms with Crippen molar-refractivity contribution in [3.63, 3.8) is 0 Å². The van der Waals surface area contributed by atoms with Crippen LogP contribution in [-0.4, -0.2) is 35.1 Å². The minimum Gasteiger partial charge on any atom is -0.546 e. The number of amides is 1. The predicted molar refractivity (Wildman–Crippen MR) is 102 cm³/mol. The van der Waals surface area contributed by atoms with Crippen molar-refractivity contribution in [2.45, 2.75) is 13.5 Å². The van der Waals surface area contributed by atoms with Crippen molar-refractivity contribution in [1.82, 2.24) is 4.57 Å². The van der Waals surface area contributed by atoms with Crippen LogP contribution < -0.4 is 67.0 Å². The molecule has 0 aliphatic rings. The Kier molecular flexibility index (Phi) is 8.10. The number of hydrogen-bond donors (Lipinski definition) is 1. The number of nitrogens with two attached hydrogens (primary N) is 1. The van der Waals surface area contributed by atoms with E-state index < -0.39 is 24.3 Å². The van der Waals surface area contributed by atoms with Crippen molar-refractivity contribution >= 4 is 34.8 Å². The minimum absolute atomic E-state index is 0. The summed E-state index contributed by atoms with van der Waals surface area (Å²) >= 11 is 0. The van der Waals surface area contributed by atoms with E-state index in [0.717, 1.165) is 5.56 Å². The third-order valence-electron chi connectivity index (χ3n) is 4.57. The van der Waals surface area contributed by atoms with Gasteiger partial charge in [-0.3, -0.25) is 14.4 Å². The van der Waals surface area contributed by atoms with Gasteiger partial charge in [-0.2, -0.15) is 0 Å². The minimum atomic E-state index is -1.50. The zero-order valence-electron chi connectivity index (χ0n) is 16.5. The maximum absolute atomic E-state index is 12.6. The first-order chi connectivity index (χ1) is 13.8. The standard InChI is InChI=1S/C21H18N2O6.K/c1-12-17(19(27)21(22)28)18-15(23(12)9-13-5-3-2-4-6-13)8-7-14(10-24)20(18)29-11-16(25)26;/h2-8,10H,9,11H2,1H3,(H2,22,28)(H,25,26);/q;+1/p-1. The quantitative estimate of drug-likeness (QED) is 0.183. The van der Waals surface area contributed by atoms with Crippen LogP contribution in [0.4, 0.5) is 0 Å². The molecule has 30 heavy (non-hydrogen) atoms. The number of fused-ring (bicyclic) bond motifs is 1. The van der Waals surface area contributed by atoms with Crippen LogP contribution in [0.1, 0.15) is 32.0 Å². The maximum atomic E-state index is 12.6. The molecule has 8 nitrogen and oxygen atoms in total. The van der Waals surface area contributed by atoms with Gasteiger partial charge in [0, 0.05) is 12.2 Å². The molecule has 0 saturated carbocycles. The molecule has 0 radical (unpaired) electrons. The second-order valence-corrected chi connectivity index (χ2v) is 6.38. The largest absolute Gasteiger partial charge is 1.00 e. The van der Waals surface area contributed by atoms with E-state index in [9.17, 15) is 24.3 Å². The van der Waals surface area contributed by atoms with E-state index in [1.807, 2.05) is 30.3 Å². The molecule has 0 fully saturated rings. The van der Waals surface area contributed by atoms with Crippen LogP contribution in [0, 0.1) is 6.92 Å². The molecule has 1 heterocycles. The Balaban J connectivity index is 0.00000320. The molecule has 148 valence electrons. The van der Waals surface area contributed by atoms with Crippen molar-refractivity contribution in [2.75, 3.05) is 6.61 Å². The second-order valence-electron chi connectivity index (χ2n) is 6.38. The first-order valence-corrected chi connectivity index (χ1v) is 8.66. The number of hydrogen-bond acceptors (Lipinski definition) is 6. The SMILES string of the molecule is Cc1c(C(=O)C(N)=O)c2c(OCC(=O)[O-])c(C=O)ccc2n1Cc1ccccc1.[K+]. The predicted octanol–water partition coefficient (Wildman–Crippen LogP) is -2.39. The molecule has 0 atom stereocenters. The molecule has 1 aromatic heterocycles. The van der Waals surface area contributed by atoms with Crippen LogP contribution in [-0.2, 0) is 16.1 Å². The van der Waals surface area contributed by atoms with Gasteiger partial charge >= 0.3 is 51.4 Å². The monoisotopic (exact) mass is 432 g/mol. The molecule has 1 amide bonds. The number of carbonyl (C=O) groups is 4. The fourth-order valence-electron chi connectivity index (χ4n) is 3.30. The summed E-state index contributed by atoms with van der Waals surface area (Å²) in [5, 5.41) is 11.0. The van der Waals surface area contributed by atoms with Gasteiger partial charge in [0.25, 0.3) is 11.7 Å². The molecular weight excluding hydrogens is 415 g/mol. The second kappa shape index (κ2) is 10.1. The summed E-state index contributed by atoms with van der Waals surface area (Å²) in [6.07, 6.45) is 0.479. The van der Waals surface area contributed by atoms with Gasteiger partial charge in [0.05, 0.1) is 28.0 Å². The summed E-state index contributed by atoms with van der Waals surface area (Å²) in [6, 6.07) is 12.5. The fraction of sp³-hybridized carbons (Fsp3) is 0.143. The number of aldehydes is 1. The van der Waals surface area contributed by atoms with Crippen LogP contribution in [0.2, 0.25) is 0 Å². The molecule has 0 unspecified atom stereocenters. The van der Waals surface area contributed by atoms with Gasteiger partial charge in [-0.25, -0.2) is 0 Å².